The topological polar surface area (TPSA) is 97.2 Å². The largest absolute Gasteiger partial charge is 0.347 e. The number of hydrogen-bond acceptors (Lipinski definition) is 6. The molecule has 2 aromatic heterocycles. The maximum atomic E-state index is 12.8. The molecule has 0 bridgehead atoms. The van der Waals surface area contributed by atoms with Gasteiger partial charge < -0.3 is 9.47 Å². The number of benzene rings is 2. The van der Waals surface area contributed by atoms with Gasteiger partial charge in [-0.3, -0.25) is 9.52 Å². The zero-order chi connectivity index (χ0) is 19.9. The highest BCUT2D eigenvalue weighted by Gasteiger charge is 2.20. The third-order valence-electron chi connectivity index (χ3n) is 4.37. The van der Waals surface area contributed by atoms with Crippen molar-refractivity contribution in [3.05, 3.63) is 48.7 Å². The number of amides is 1. The lowest BCUT2D eigenvalue weighted by atomic mass is 10.2. The summed E-state index contributed by atoms with van der Waals surface area (Å²) in [4.78, 5) is 13.6. The van der Waals surface area contributed by atoms with Crippen molar-refractivity contribution < 1.29 is 13.2 Å². The second-order valence-electron chi connectivity index (χ2n) is 6.50. The van der Waals surface area contributed by atoms with Crippen LogP contribution >= 0.6 is 11.7 Å². The number of carbonyl (C=O) groups is 1. The first-order valence-corrected chi connectivity index (χ1v) is 10.6. The van der Waals surface area contributed by atoms with Crippen molar-refractivity contribution in [1.82, 2.24) is 18.2 Å². The molecule has 0 unspecified atom stereocenters. The van der Waals surface area contributed by atoms with Crippen molar-refractivity contribution in [2.75, 3.05) is 18.8 Å². The van der Waals surface area contributed by atoms with Crippen LogP contribution in [0.2, 0.25) is 0 Å². The number of nitrogens with one attached hydrogen (secondary N) is 1. The van der Waals surface area contributed by atoms with Crippen LogP contribution in [0, 0.1) is 0 Å². The minimum Gasteiger partial charge on any atom is -0.347 e. The summed E-state index contributed by atoms with van der Waals surface area (Å²) < 4.78 is 38.3. The Kier molecular flexibility index (Phi) is 4.52. The van der Waals surface area contributed by atoms with E-state index < -0.39 is 10.0 Å². The van der Waals surface area contributed by atoms with Crippen molar-refractivity contribution >= 4 is 55.3 Å². The number of fused-ring (bicyclic) bond motifs is 2. The van der Waals surface area contributed by atoms with Gasteiger partial charge in [-0.1, -0.05) is 6.07 Å². The molecule has 0 atom stereocenters. The lowest BCUT2D eigenvalue weighted by Gasteiger charge is -2.12. The molecule has 2 heterocycles. The summed E-state index contributed by atoms with van der Waals surface area (Å²) >= 11 is 0.975. The molecule has 4 rings (SSSR count). The molecule has 0 radical (unpaired) electrons. The Morgan fingerprint density at radius 1 is 1.18 bits per heavy atom. The average molecular weight is 416 g/mol. The third-order valence-corrected chi connectivity index (χ3v) is 6.32. The van der Waals surface area contributed by atoms with Crippen LogP contribution < -0.4 is 4.72 Å². The van der Waals surface area contributed by atoms with Gasteiger partial charge >= 0.3 is 0 Å². The van der Waals surface area contributed by atoms with Gasteiger partial charge in [-0.25, -0.2) is 8.42 Å². The Morgan fingerprint density at radius 3 is 2.79 bits per heavy atom. The molecule has 1 N–H and O–H groups in total. The molecule has 0 aliphatic carbocycles. The SMILES string of the molecule is CN(C)C(=O)Cn1ccc2cc(NS(=O)(=O)c3cccc4nsnc34)ccc21. The van der Waals surface area contributed by atoms with E-state index in [9.17, 15) is 13.2 Å². The van der Waals surface area contributed by atoms with Gasteiger partial charge in [-0.05, 0) is 36.4 Å². The van der Waals surface area contributed by atoms with E-state index in [1.807, 2.05) is 16.8 Å². The predicted molar refractivity (Wildman–Crippen MR) is 109 cm³/mol. The van der Waals surface area contributed by atoms with Crippen molar-refractivity contribution in [3.8, 4) is 0 Å². The Morgan fingerprint density at radius 2 is 2.00 bits per heavy atom. The van der Waals surface area contributed by atoms with Crippen LogP contribution in [-0.2, 0) is 21.4 Å². The van der Waals surface area contributed by atoms with Crippen LogP contribution in [0.5, 0.6) is 0 Å². The van der Waals surface area contributed by atoms with E-state index in [-0.39, 0.29) is 17.3 Å². The summed E-state index contributed by atoms with van der Waals surface area (Å²) in [6, 6.07) is 11.9. The summed E-state index contributed by atoms with van der Waals surface area (Å²) in [5.74, 6) is -0.0211. The fourth-order valence-corrected chi connectivity index (χ4v) is 4.71. The lowest BCUT2D eigenvalue weighted by Crippen LogP contribution is -2.25. The van der Waals surface area contributed by atoms with E-state index in [2.05, 4.69) is 13.5 Å². The number of sulfonamides is 1. The molecular weight excluding hydrogens is 398 g/mol. The highest BCUT2D eigenvalue weighted by atomic mass is 32.2. The number of likely N-dealkylation sites (N-methyl/N-ethyl adjacent to an activating group) is 1. The first kappa shape index (κ1) is 18.4. The molecule has 8 nitrogen and oxygen atoms in total. The Balaban J connectivity index is 1.65. The van der Waals surface area contributed by atoms with E-state index in [0.29, 0.717) is 16.7 Å². The second kappa shape index (κ2) is 6.88. The lowest BCUT2D eigenvalue weighted by molar-refractivity contribution is -0.129. The molecule has 0 saturated heterocycles. The van der Waals surface area contributed by atoms with Crippen LogP contribution in [0.3, 0.4) is 0 Å². The summed E-state index contributed by atoms with van der Waals surface area (Å²) in [6.07, 6.45) is 1.81. The zero-order valence-electron chi connectivity index (χ0n) is 15.2. The Hall–Kier alpha value is -2.98. The van der Waals surface area contributed by atoms with Crippen molar-refractivity contribution in [2.24, 2.45) is 0 Å². The molecule has 2 aromatic carbocycles. The fourth-order valence-electron chi connectivity index (χ4n) is 2.90. The highest BCUT2D eigenvalue weighted by molar-refractivity contribution is 7.93. The van der Waals surface area contributed by atoms with E-state index in [0.717, 1.165) is 22.6 Å². The average Bonchev–Trinajstić information content (AvgIpc) is 3.27. The minimum absolute atomic E-state index is 0.0211. The second-order valence-corrected chi connectivity index (χ2v) is 8.68. The molecule has 0 fully saturated rings. The Bertz CT molecular complexity index is 1290. The maximum absolute atomic E-state index is 12.8. The van der Waals surface area contributed by atoms with Crippen LogP contribution in [0.25, 0.3) is 21.9 Å². The third kappa shape index (κ3) is 3.32. The quantitative estimate of drug-likeness (QED) is 0.540. The number of rotatable bonds is 5. The van der Waals surface area contributed by atoms with Crippen LogP contribution in [0.15, 0.2) is 53.6 Å². The molecule has 10 heteroatoms. The van der Waals surface area contributed by atoms with Gasteiger partial charge in [0.2, 0.25) is 5.91 Å². The number of nitrogens with zero attached hydrogens (tertiary/aromatic N) is 4. The van der Waals surface area contributed by atoms with Crippen LogP contribution in [-0.4, -0.2) is 46.6 Å². The molecule has 144 valence electrons. The first-order chi connectivity index (χ1) is 13.3. The maximum Gasteiger partial charge on any atom is 0.264 e. The normalized spacial score (nSPS) is 11.8. The van der Waals surface area contributed by atoms with Crippen molar-refractivity contribution in [3.63, 3.8) is 0 Å². The van der Waals surface area contributed by atoms with Gasteiger partial charge in [0.1, 0.15) is 22.5 Å². The van der Waals surface area contributed by atoms with E-state index >= 15 is 0 Å². The molecule has 1 amide bonds. The predicted octanol–water partition coefficient (Wildman–Crippen LogP) is 2.54. The van der Waals surface area contributed by atoms with Crippen molar-refractivity contribution in [1.29, 1.82) is 0 Å². The summed E-state index contributed by atoms with van der Waals surface area (Å²) in [5.41, 5.74) is 2.19. The van der Waals surface area contributed by atoms with Gasteiger partial charge in [0.05, 0.1) is 11.7 Å². The first-order valence-electron chi connectivity index (χ1n) is 8.38. The van der Waals surface area contributed by atoms with Gasteiger partial charge in [0.15, 0.2) is 0 Å². The van der Waals surface area contributed by atoms with E-state index in [1.165, 1.54) is 11.0 Å². The van der Waals surface area contributed by atoms with Crippen molar-refractivity contribution in [2.45, 2.75) is 11.4 Å². The number of hydrogen-bond donors (Lipinski definition) is 1. The molecule has 28 heavy (non-hydrogen) atoms. The fraction of sp³-hybridized carbons (Fsp3) is 0.167. The number of aromatic nitrogens is 3. The summed E-state index contributed by atoms with van der Waals surface area (Å²) in [7, 11) is -0.400. The Labute approximate surface area is 165 Å². The smallest absolute Gasteiger partial charge is 0.264 e. The molecule has 0 aliphatic rings. The number of anilines is 1. The molecule has 0 aliphatic heterocycles. The molecule has 0 saturated carbocycles. The monoisotopic (exact) mass is 415 g/mol. The zero-order valence-corrected chi connectivity index (χ0v) is 16.8. The number of carbonyl (C=O) groups excluding carboxylic acids is 1. The van der Waals surface area contributed by atoms with E-state index in [1.54, 1.807) is 44.4 Å². The van der Waals surface area contributed by atoms with Crippen LogP contribution in [0.4, 0.5) is 5.69 Å². The van der Waals surface area contributed by atoms with Gasteiger partial charge in [0, 0.05) is 36.9 Å². The summed E-state index contributed by atoms with van der Waals surface area (Å²) in [6.45, 7) is 0.223. The summed E-state index contributed by atoms with van der Waals surface area (Å²) in [5, 5.41) is 0.834. The van der Waals surface area contributed by atoms with E-state index in [4.69, 9.17) is 0 Å². The van der Waals surface area contributed by atoms with Gasteiger partial charge in [0.25, 0.3) is 10.0 Å². The van der Waals surface area contributed by atoms with Crippen LogP contribution in [0.1, 0.15) is 0 Å². The van der Waals surface area contributed by atoms with Gasteiger partial charge in [-0.15, -0.1) is 0 Å². The molecule has 4 aromatic rings. The molecular formula is C18H17N5O3S2. The molecule has 0 spiro atoms. The highest BCUT2D eigenvalue weighted by Crippen LogP contribution is 2.26. The standard InChI is InChI=1S/C18H17N5O3S2/c1-22(2)17(24)11-23-9-8-12-10-13(6-7-15(12)23)21-28(25,26)16-5-3-4-14-18(16)20-27-19-14/h3-10,21H,11H2,1-2H3. The van der Waals surface area contributed by atoms with Gasteiger partial charge in [-0.2, -0.15) is 8.75 Å². The minimum atomic E-state index is -3.82.